The average molecular weight is 196 g/mol. The molecule has 0 saturated carbocycles. The molecule has 0 radical (unpaired) electrons. The van der Waals surface area contributed by atoms with Crippen LogP contribution in [0.15, 0.2) is 12.2 Å². The summed E-state index contributed by atoms with van der Waals surface area (Å²) in [7, 11) is -0.310. The van der Waals surface area contributed by atoms with Gasteiger partial charge in [0, 0.05) is 5.66 Å². The van der Waals surface area contributed by atoms with Gasteiger partial charge in [0.05, 0.1) is 8.07 Å². The molecule has 0 aromatic carbocycles. The maximum Gasteiger partial charge on any atom is 0.0527 e. The van der Waals surface area contributed by atoms with Crippen molar-refractivity contribution in [3.05, 3.63) is 12.2 Å². The highest BCUT2D eigenvalue weighted by Gasteiger charge is 2.64. The number of hydrogen-bond donors (Lipinski definition) is 0. The molecule has 12 heavy (non-hydrogen) atoms. The molecule has 3 aliphatic heterocycles. The third kappa shape index (κ3) is 0.821. The third-order valence-corrected chi connectivity index (χ3v) is 12.3. The second kappa shape index (κ2) is 2.07. The van der Waals surface area contributed by atoms with Gasteiger partial charge in [-0.15, -0.1) is 0 Å². The Kier molecular flexibility index (Phi) is 1.34. The fraction of sp³-hybridized carbons (Fsp3) is 0.800. The van der Waals surface area contributed by atoms with E-state index < -0.39 is 8.07 Å². The summed E-state index contributed by atoms with van der Waals surface area (Å²) in [5, 5.41) is 1.20. The van der Waals surface area contributed by atoms with Crippen molar-refractivity contribution in [2.24, 2.45) is 5.92 Å². The van der Waals surface area contributed by atoms with Crippen LogP contribution in [0.5, 0.6) is 0 Å². The molecule has 2 heteroatoms. The van der Waals surface area contributed by atoms with E-state index in [4.69, 9.17) is 0 Å². The zero-order chi connectivity index (χ0) is 8.51. The average Bonchev–Trinajstić information content (AvgIpc) is 2.55. The predicted molar refractivity (Wildman–Crippen MR) is 58.9 cm³/mol. The second-order valence-corrected chi connectivity index (χ2v) is 14.2. The first kappa shape index (κ1) is 7.76. The lowest BCUT2D eigenvalue weighted by molar-refractivity contribution is 0.623. The molecule has 4 rings (SSSR count). The van der Waals surface area contributed by atoms with Gasteiger partial charge in [0.15, 0.2) is 0 Å². The lowest BCUT2D eigenvalue weighted by Crippen LogP contribution is -2.40. The van der Waals surface area contributed by atoms with Crippen molar-refractivity contribution in [1.82, 2.24) is 0 Å². The Morgan fingerprint density at radius 3 is 2.33 bits per heavy atom. The van der Waals surface area contributed by atoms with E-state index in [1.807, 2.05) is 0 Å². The van der Waals surface area contributed by atoms with Crippen LogP contribution in [0.1, 0.15) is 6.42 Å². The van der Waals surface area contributed by atoms with E-state index in [1.165, 1.54) is 10.9 Å². The van der Waals surface area contributed by atoms with Crippen LogP contribution < -0.4 is 0 Å². The van der Waals surface area contributed by atoms with Crippen molar-refractivity contribution in [3.8, 4) is 0 Å². The molecule has 4 bridgehead atoms. The van der Waals surface area contributed by atoms with Crippen LogP contribution in [0.3, 0.4) is 0 Å². The molecule has 2 saturated heterocycles. The fourth-order valence-corrected chi connectivity index (χ4v) is 12.9. The van der Waals surface area contributed by atoms with Crippen LogP contribution >= 0.6 is 7.92 Å². The lowest BCUT2D eigenvalue weighted by atomic mass is 9.98. The first-order valence-electron chi connectivity index (χ1n) is 5.05. The lowest BCUT2D eigenvalue weighted by Gasteiger charge is -2.34. The zero-order valence-corrected chi connectivity index (χ0v) is 10.0. The molecular formula is C10H17PSi. The molecule has 0 nitrogen and oxygen atoms in total. The largest absolute Gasteiger partial charge is 0.0938 e. The molecule has 3 heterocycles. The first-order chi connectivity index (χ1) is 5.59. The minimum Gasteiger partial charge on any atom is -0.0938 e. The van der Waals surface area contributed by atoms with Crippen LogP contribution in [0, 0.1) is 5.92 Å². The summed E-state index contributed by atoms with van der Waals surface area (Å²) < 4.78 is 0. The Morgan fingerprint density at radius 1 is 1.25 bits per heavy atom. The summed E-state index contributed by atoms with van der Waals surface area (Å²) in [4.78, 5) is 0. The van der Waals surface area contributed by atoms with Crippen molar-refractivity contribution < 1.29 is 0 Å². The van der Waals surface area contributed by atoms with Crippen LogP contribution in [0.25, 0.3) is 0 Å². The maximum absolute atomic E-state index is 2.57. The molecular weight excluding hydrogens is 179 g/mol. The molecule has 0 N–H and O–H groups in total. The summed E-state index contributed by atoms with van der Waals surface area (Å²) in [6, 6.07) is 0. The Balaban J connectivity index is 1.96. The topological polar surface area (TPSA) is 0 Å². The Morgan fingerprint density at radius 2 is 2.00 bits per heavy atom. The van der Waals surface area contributed by atoms with E-state index in [9.17, 15) is 0 Å². The van der Waals surface area contributed by atoms with Gasteiger partial charge >= 0.3 is 0 Å². The summed E-state index contributed by atoms with van der Waals surface area (Å²) >= 11 is 0. The first-order valence-corrected chi connectivity index (χ1v) is 10.2. The predicted octanol–water partition coefficient (Wildman–Crippen LogP) is 3.05. The van der Waals surface area contributed by atoms with Crippen molar-refractivity contribution in [2.75, 3.05) is 0 Å². The van der Waals surface area contributed by atoms with Crippen molar-refractivity contribution >= 4 is 16.0 Å². The monoisotopic (exact) mass is 196 g/mol. The van der Waals surface area contributed by atoms with Crippen LogP contribution in [-0.2, 0) is 0 Å². The zero-order valence-electron chi connectivity index (χ0n) is 8.12. The molecule has 2 fully saturated rings. The van der Waals surface area contributed by atoms with E-state index in [2.05, 4.69) is 31.8 Å². The van der Waals surface area contributed by atoms with Crippen molar-refractivity contribution in [3.63, 3.8) is 0 Å². The standard InChI is InChI=1S/C10H17PSi/c1-12(2,3)10-7-4-5-8-9(6-7)11(8)10/h4-5,7-10H,6H2,1-3H3/t7-,8+,9?,10-,11?/m1/s1. The summed E-state index contributed by atoms with van der Waals surface area (Å²) in [6.07, 6.45) is 6.67. The SMILES string of the molecule is C[Si](C)(C)[C@@H]1[C@@H]2C=C[C@H]3C(C2)P13. The van der Waals surface area contributed by atoms with Gasteiger partial charge in [-0.05, 0) is 23.3 Å². The third-order valence-electron chi connectivity index (χ3n) is 3.71. The summed E-state index contributed by atoms with van der Waals surface area (Å²) in [5.74, 6) is 1.03. The van der Waals surface area contributed by atoms with Crippen molar-refractivity contribution in [1.29, 1.82) is 0 Å². The molecule has 0 aromatic heterocycles. The minimum atomic E-state index is -0.822. The van der Waals surface area contributed by atoms with E-state index in [-0.39, 0.29) is 0 Å². The second-order valence-electron chi connectivity index (χ2n) is 5.60. The molecule has 0 spiro atoms. The van der Waals surface area contributed by atoms with Gasteiger partial charge in [-0.3, -0.25) is 0 Å². The summed E-state index contributed by atoms with van der Waals surface area (Å²) in [5.41, 5.74) is 2.30. The van der Waals surface area contributed by atoms with Crippen molar-refractivity contribution in [2.45, 2.75) is 42.7 Å². The van der Waals surface area contributed by atoms with Gasteiger partial charge < -0.3 is 0 Å². The minimum absolute atomic E-state index is 0.511. The Labute approximate surface area is 77.2 Å². The quantitative estimate of drug-likeness (QED) is 0.343. The van der Waals surface area contributed by atoms with Gasteiger partial charge in [-0.1, -0.05) is 39.7 Å². The molecule has 0 aromatic rings. The highest BCUT2D eigenvalue weighted by Crippen LogP contribution is 2.81. The fourth-order valence-electron chi connectivity index (χ4n) is 3.36. The van der Waals surface area contributed by atoms with E-state index in [0.717, 1.165) is 11.6 Å². The Bertz CT molecular complexity index is 253. The van der Waals surface area contributed by atoms with Gasteiger partial charge in [0.25, 0.3) is 0 Å². The van der Waals surface area contributed by atoms with E-state index in [1.54, 1.807) is 6.42 Å². The molecule has 5 atom stereocenters. The molecule has 2 unspecified atom stereocenters. The van der Waals surface area contributed by atoms with Gasteiger partial charge in [0.2, 0.25) is 0 Å². The van der Waals surface area contributed by atoms with Crippen LogP contribution in [0.4, 0.5) is 0 Å². The summed E-state index contributed by atoms with van der Waals surface area (Å²) in [6.45, 7) is 7.72. The van der Waals surface area contributed by atoms with Gasteiger partial charge in [-0.2, -0.15) is 0 Å². The maximum atomic E-state index is 2.57. The normalized spacial score (nSPS) is 54.4. The number of allylic oxidation sites excluding steroid dienone is 2. The smallest absolute Gasteiger partial charge is 0.0527 e. The van der Waals surface area contributed by atoms with Crippen LogP contribution in [-0.4, -0.2) is 24.7 Å². The number of rotatable bonds is 1. The number of hydrogen-bond acceptors (Lipinski definition) is 0. The molecule has 1 aliphatic carbocycles. The molecule has 0 amide bonds. The van der Waals surface area contributed by atoms with Gasteiger partial charge in [-0.25, -0.2) is 0 Å². The van der Waals surface area contributed by atoms with E-state index in [0.29, 0.717) is 7.92 Å². The van der Waals surface area contributed by atoms with Gasteiger partial charge in [0.1, 0.15) is 0 Å². The Hall–Kier alpha value is 0.387. The van der Waals surface area contributed by atoms with Crippen LogP contribution in [0.2, 0.25) is 19.6 Å². The highest BCUT2D eigenvalue weighted by atomic mass is 31.1. The molecule has 66 valence electrons. The van der Waals surface area contributed by atoms with E-state index >= 15 is 0 Å². The highest BCUT2D eigenvalue weighted by molar-refractivity contribution is 7.71. The molecule has 4 aliphatic rings.